The molecule has 23 heteroatoms. The number of ether oxygens (including phenoxy) is 1. The zero-order valence-corrected chi connectivity index (χ0v) is 37.9. The number of aliphatic hydroxyl groups is 1. The van der Waals surface area contributed by atoms with Gasteiger partial charge in [0.25, 0.3) is 5.56 Å². The third-order valence-electron chi connectivity index (χ3n) is 12.5. The number of likely N-dealkylation sites (tertiary alicyclic amines) is 1. The minimum absolute atomic E-state index is 0.0201. The molecule has 3 aliphatic heterocycles. The smallest absolute Gasteiger partial charge is 0.301 e. The number of nitrogens with one attached hydrogen (secondary N) is 3. The Balaban J connectivity index is 0.868. The van der Waals surface area contributed by atoms with Gasteiger partial charge in [-0.25, -0.2) is 23.7 Å². The van der Waals surface area contributed by atoms with Crippen molar-refractivity contribution in [2.45, 2.75) is 50.6 Å². The summed E-state index contributed by atoms with van der Waals surface area (Å²) in [6.07, 6.45) is 5.90. The molecule has 68 heavy (non-hydrogen) atoms. The lowest BCUT2D eigenvalue weighted by atomic mass is 9.88. The van der Waals surface area contributed by atoms with Gasteiger partial charge in [-0.1, -0.05) is 13.0 Å². The van der Waals surface area contributed by atoms with Crippen LogP contribution in [0.1, 0.15) is 49.7 Å². The second-order valence-corrected chi connectivity index (χ2v) is 18.4. The topological polar surface area (TPSA) is 248 Å². The first-order chi connectivity index (χ1) is 32.7. The molecule has 5 aromatic rings. The number of nitriles is 1. The highest BCUT2D eigenvalue weighted by Gasteiger charge is 2.35. The molecule has 3 aromatic carbocycles. The second kappa shape index (κ2) is 20.0. The number of piperidine rings is 2. The zero-order chi connectivity index (χ0) is 48.3. The molecule has 0 radical (unpaired) electrons. The summed E-state index contributed by atoms with van der Waals surface area (Å²) in [6.45, 7) is 3.83. The first-order valence-corrected chi connectivity index (χ1v) is 23.4. The summed E-state index contributed by atoms with van der Waals surface area (Å²) >= 11 is 0. The molecule has 20 nitrogen and oxygen atoms in total. The third-order valence-corrected chi connectivity index (χ3v) is 14.0. The number of aromatic nitrogens is 4. The molecule has 4 N–H and O–H groups in total. The fourth-order valence-corrected chi connectivity index (χ4v) is 9.44. The maximum Gasteiger partial charge on any atom is 0.301 e. The van der Waals surface area contributed by atoms with E-state index >= 15 is 8.78 Å². The average Bonchev–Trinajstić information content (AvgIpc) is 3.34. The van der Waals surface area contributed by atoms with Gasteiger partial charge in [0.2, 0.25) is 23.7 Å². The molecule has 0 bridgehead atoms. The Morgan fingerprint density at radius 3 is 2.38 bits per heavy atom. The molecule has 5 heterocycles. The lowest BCUT2D eigenvalue weighted by Crippen LogP contribution is -2.57. The maximum absolute atomic E-state index is 15.3. The number of carbonyl (C=O) groups is 3. The highest BCUT2D eigenvalue weighted by molar-refractivity contribution is 7.90. The van der Waals surface area contributed by atoms with Crippen molar-refractivity contribution in [2.24, 2.45) is 0 Å². The van der Waals surface area contributed by atoms with Crippen molar-refractivity contribution in [3.05, 3.63) is 100 Å². The number of aliphatic hydroxyl groups excluding tert-OH is 1. The Labute approximate surface area is 389 Å². The van der Waals surface area contributed by atoms with Gasteiger partial charge in [-0.05, 0) is 86.3 Å². The number of amides is 3. The van der Waals surface area contributed by atoms with Crippen molar-refractivity contribution in [2.75, 3.05) is 74.4 Å². The molecule has 3 fully saturated rings. The molecule has 2 atom stereocenters. The van der Waals surface area contributed by atoms with Gasteiger partial charge in [0.05, 0.1) is 41.3 Å². The standard InChI is InChI=1S/C45H48F2N12O8S/c1-3-55(2)68(65,66)54-37-9-7-34(46)41(33(37)22-48)67-30-5-8-36-32(21-30)43(63)59(26-51-36)29-23-49-45(50-24-29)58-18-16-57(17-19-58)44(64)39(25-60)56-14-12-27(13-15-56)31-6-4-28(20-35(31)47)52-38-10-11-40(61)53-42(38)62/h4-9,20-21,23-24,26-27,38-39,52,54,60H,3,10-19,25H2,1-2H3,(H,53,61,62). The monoisotopic (exact) mass is 954 g/mol. The SMILES string of the molecule is CCN(C)S(=O)(=O)Nc1ccc(F)c(Oc2ccc3ncn(-c4cnc(N5CCN(C(=O)C(CO)N6CCC(c7ccc(NC8CCC(=O)NC8=O)cc7F)CC6)CC5)nc4)c(=O)c3c2)c1C#N. The lowest BCUT2D eigenvalue weighted by molar-refractivity contribution is -0.139. The third kappa shape index (κ3) is 9.93. The van der Waals surface area contributed by atoms with Crippen molar-refractivity contribution < 1.29 is 41.4 Å². The van der Waals surface area contributed by atoms with Crippen molar-refractivity contribution in [3.8, 4) is 23.3 Å². The number of fused-ring (bicyclic) bond motifs is 1. The lowest BCUT2D eigenvalue weighted by Gasteiger charge is -2.40. The molecule has 356 valence electrons. The van der Waals surface area contributed by atoms with Gasteiger partial charge in [0, 0.05) is 51.9 Å². The highest BCUT2D eigenvalue weighted by Crippen LogP contribution is 2.35. The van der Waals surface area contributed by atoms with E-state index in [0.29, 0.717) is 86.9 Å². The van der Waals surface area contributed by atoms with Crippen LogP contribution in [-0.4, -0.2) is 136 Å². The molecule has 8 rings (SSSR count). The number of hydrogen-bond donors (Lipinski definition) is 4. The Kier molecular flexibility index (Phi) is 13.9. The minimum atomic E-state index is -4.05. The van der Waals surface area contributed by atoms with Gasteiger partial charge in [-0.3, -0.25) is 38.7 Å². The Morgan fingerprint density at radius 1 is 0.985 bits per heavy atom. The van der Waals surface area contributed by atoms with Crippen LogP contribution in [0.15, 0.2) is 72.0 Å². The molecule has 0 spiro atoms. The Bertz CT molecular complexity index is 2960. The van der Waals surface area contributed by atoms with Gasteiger partial charge < -0.3 is 25.0 Å². The van der Waals surface area contributed by atoms with Crippen LogP contribution >= 0.6 is 0 Å². The van der Waals surface area contributed by atoms with Gasteiger partial charge >= 0.3 is 10.2 Å². The van der Waals surface area contributed by atoms with Crippen molar-refractivity contribution in [1.82, 2.24) is 38.9 Å². The quantitative estimate of drug-likeness (QED) is 0.117. The summed E-state index contributed by atoms with van der Waals surface area (Å²) in [5.74, 6) is -2.61. The summed E-state index contributed by atoms with van der Waals surface area (Å²) in [5, 5.41) is 25.7. The van der Waals surface area contributed by atoms with E-state index in [4.69, 9.17) is 4.74 Å². The fourth-order valence-electron chi connectivity index (χ4n) is 8.50. The normalized spacial score (nSPS) is 17.8. The van der Waals surface area contributed by atoms with Crippen LogP contribution in [0.3, 0.4) is 0 Å². The Hall–Kier alpha value is -7.13. The molecule has 0 saturated carbocycles. The number of imide groups is 1. The largest absolute Gasteiger partial charge is 0.453 e. The summed E-state index contributed by atoms with van der Waals surface area (Å²) in [6, 6.07) is 11.5. The van der Waals surface area contributed by atoms with Crippen molar-refractivity contribution >= 4 is 56.2 Å². The van der Waals surface area contributed by atoms with Crippen LogP contribution < -0.4 is 30.6 Å². The summed E-state index contributed by atoms with van der Waals surface area (Å²) in [4.78, 5) is 70.0. The Morgan fingerprint density at radius 2 is 1.72 bits per heavy atom. The van der Waals surface area contributed by atoms with Gasteiger partial charge in [-0.2, -0.15) is 18.0 Å². The highest BCUT2D eigenvalue weighted by atomic mass is 32.2. The number of piperazine rings is 1. The van der Waals surface area contributed by atoms with E-state index < -0.39 is 56.7 Å². The van der Waals surface area contributed by atoms with Crippen LogP contribution in [0.4, 0.5) is 26.1 Å². The van der Waals surface area contributed by atoms with Gasteiger partial charge in [0.1, 0.15) is 41.6 Å². The second-order valence-electron chi connectivity index (χ2n) is 16.6. The zero-order valence-electron chi connectivity index (χ0n) is 37.1. The van der Waals surface area contributed by atoms with Crippen LogP contribution in [0.5, 0.6) is 11.5 Å². The van der Waals surface area contributed by atoms with Crippen LogP contribution in [-0.2, 0) is 24.6 Å². The number of benzene rings is 3. The molecule has 2 aromatic heterocycles. The van der Waals surface area contributed by atoms with Crippen LogP contribution in [0.25, 0.3) is 16.6 Å². The van der Waals surface area contributed by atoms with E-state index in [1.807, 2.05) is 9.80 Å². The molecular formula is C45H48F2N12O8S. The summed E-state index contributed by atoms with van der Waals surface area (Å²) in [5.41, 5.74) is 0.439. The molecule has 3 aliphatic rings. The fraction of sp³-hybridized carbons (Fsp3) is 0.378. The molecule has 3 amide bonds. The van der Waals surface area contributed by atoms with Crippen molar-refractivity contribution in [1.29, 1.82) is 5.26 Å². The van der Waals surface area contributed by atoms with E-state index in [1.54, 1.807) is 30.0 Å². The molecular weight excluding hydrogens is 907 g/mol. The maximum atomic E-state index is 15.3. The van der Waals surface area contributed by atoms with Gasteiger partial charge in [0.15, 0.2) is 11.6 Å². The van der Waals surface area contributed by atoms with E-state index in [9.17, 15) is 38.0 Å². The predicted octanol–water partition coefficient (Wildman–Crippen LogP) is 2.83. The van der Waals surface area contributed by atoms with E-state index in [0.717, 1.165) is 16.4 Å². The molecule has 3 saturated heterocycles. The van der Waals surface area contributed by atoms with Crippen LogP contribution in [0, 0.1) is 23.0 Å². The summed E-state index contributed by atoms with van der Waals surface area (Å²) < 4.78 is 66.0. The van der Waals surface area contributed by atoms with E-state index in [-0.39, 0.29) is 54.1 Å². The van der Waals surface area contributed by atoms with Gasteiger partial charge in [-0.15, -0.1) is 0 Å². The number of halogens is 2. The minimum Gasteiger partial charge on any atom is -0.453 e. The average molecular weight is 955 g/mol. The number of nitrogens with zero attached hydrogens (tertiary/aromatic N) is 9. The molecule has 0 aliphatic carbocycles. The summed E-state index contributed by atoms with van der Waals surface area (Å²) in [7, 11) is -2.71. The molecule has 2 unspecified atom stereocenters. The number of anilines is 3. The predicted molar refractivity (Wildman–Crippen MR) is 244 cm³/mol. The number of carbonyl (C=O) groups excluding carboxylic acids is 3. The van der Waals surface area contributed by atoms with Crippen LogP contribution in [0.2, 0.25) is 0 Å². The number of rotatable bonds is 14. The first kappa shape index (κ1) is 47.4. The first-order valence-electron chi connectivity index (χ1n) is 21.9. The van der Waals surface area contributed by atoms with E-state index in [2.05, 4.69) is 30.3 Å². The number of hydrogen-bond acceptors (Lipinski definition) is 15. The van der Waals surface area contributed by atoms with E-state index in [1.165, 1.54) is 54.6 Å². The van der Waals surface area contributed by atoms with Crippen molar-refractivity contribution in [3.63, 3.8) is 0 Å².